The van der Waals surface area contributed by atoms with Crippen molar-refractivity contribution in [3.05, 3.63) is 33.2 Å². The third-order valence-electron chi connectivity index (χ3n) is 1.48. The molecule has 2 N–H and O–H groups in total. The molecule has 2 aromatic rings. The molecule has 12 heavy (non-hydrogen) atoms. The maximum atomic E-state index is 5.92. The van der Waals surface area contributed by atoms with Gasteiger partial charge in [-0.05, 0) is 0 Å². The number of hydrogen-bond donors (Lipinski definition) is 1. The van der Waals surface area contributed by atoms with Crippen LogP contribution in [0.5, 0.6) is 0 Å². The Balaban J connectivity index is 2.27. The lowest BCUT2D eigenvalue weighted by Crippen LogP contribution is -2.09. The van der Waals surface area contributed by atoms with E-state index in [-0.39, 0.29) is 6.04 Å². The maximum absolute atomic E-state index is 5.92. The Bertz CT molecular complexity index is 293. The van der Waals surface area contributed by atoms with E-state index >= 15 is 0 Å². The summed E-state index contributed by atoms with van der Waals surface area (Å²) in [4.78, 5) is 9.17. The van der Waals surface area contributed by atoms with Crippen molar-refractivity contribution in [1.82, 2.24) is 9.97 Å². The van der Waals surface area contributed by atoms with E-state index in [1.807, 2.05) is 5.38 Å². The predicted octanol–water partition coefficient (Wildman–Crippen LogP) is 1.65. The van der Waals surface area contributed by atoms with Gasteiger partial charge in [0.1, 0.15) is 5.01 Å². The average molecular weight is 197 g/mol. The molecule has 0 radical (unpaired) electrons. The van der Waals surface area contributed by atoms with E-state index < -0.39 is 0 Å². The van der Waals surface area contributed by atoms with Gasteiger partial charge in [-0.15, -0.1) is 22.7 Å². The fourth-order valence-electron chi connectivity index (χ4n) is 0.889. The van der Waals surface area contributed by atoms with Crippen LogP contribution in [0.3, 0.4) is 0 Å². The van der Waals surface area contributed by atoms with Gasteiger partial charge in [0.05, 0.1) is 11.6 Å². The summed E-state index contributed by atoms with van der Waals surface area (Å²) < 4.78 is 0. The minimum atomic E-state index is -0.0995. The SMILES string of the molecule is NC(c1cncs1)c1nccs1. The van der Waals surface area contributed by atoms with E-state index in [1.54, 1.807) is 40.6 Å². The number of nitrogens with two attached hydrogens (primary N) is 1. The second kappa shape index (κ2) is 3.30. The summed E-state index contributed by atoms with van der Waals surface area (Å²) >= 11 is 3.13. The molecule has 0 spiro atoms. The molecule has 0 aliphatic heterocycles. The molecule has 0 bridgehead atoms. The smallest absolute Gasteiger partial charge is 0.115 e. The number of nitrogens with zero attached hydrogens (tertiary/aromatic N) is 2. The van der Waals surface area contributed by atoms with Crippen LogP contribution in [0.15, 0.2) is 23.3 Å². The van der Waals surface area contributed by atoms with Crippen LogP contribution in [0.1, 0.15) is 15.9 Å². The predicted molar refractivity (Wildman–Crippen MR) is 50.3 cm³/mol. The molecule has 0 saturated heterocycles. The Hall–Kier alpha value is -0.780. The van der Waals surface area contributed by atoms with Crippen molar-refractivity contribution in [2.24, 2.45) is 5.73 Å². The minimum absolute atomic E-state index is 0.0995. The van der Waals surface area contributed by atoms with Gasteiger partial charge in [0.15, 0.2) is 0 Å². The summed E-state index contributed by atoms with van der Waals surface area (Å²) in [7, 11) is 0. The highest BCUT2D eigenvalue weighted by atomic mass is 32.1. The number of aromatic nitrogens is 2. The van der Waals surface area contributed by atoms with Crippen molar-refractivity contribution in [2.75, 3.05) is 0 Å². The molecule has 0 aliphatic rings. The Labute approximate surface area is 77.9 Å². The first-order valence-electron chi connectivity index (χ1n) is 3.41. The molecular weight excluding hydrogens is 190 g/mol. The highest BCUT2D eigenvalue weighted by molar-refractivity contribution is 7.11. The quantitative estimate of drug-likeness (QED) is 0.796. The van der Waals surface area contributed by atoms with Gasteiger partial charge in [0, 0.05) is 22.7 Å². The molecule has 1 atom stereocenters. The maximum Gasteiger partial charge on any atom is 0.115 e. The van der Waals surface area contributed by atoms with Gasteiger partial charge in [-0.3, -0.25) is 4.98 Å². The van der Waals surface area contributed by atoms with Gasteiger partial charge in [0.25, 0.3) is 0 Å². The molecular formula is C7H7N3S2. The minimum Gasteiger partial charge on any atom is -0.318 e. The molecule has 62 valence electrons. The van der Waals surface area contributed by atoms with E-state index in [1.165, 1.54) is 0 Å². The highest BCUT2D eigenvalue weighted by Crippen LogP contribution is 2.23. The summed E-state index contributed by atoms with van der Waals surface area (Å²) in [5.74, 6) is 0. The third kappa shape index (κ3) is 1.38. The van der Waals surface area contributed by atoms with Crippen LogP contribution in [0.25, 0.3) is 0 Å². The van der Waals surface area contributed by atoms with Crippen LogP contribution < -0.4 is 5.73 Å². The van der Waals surface area contributed by atoms with Crippen molar-refractivity contribution in [3.63, 3.8) is 0 Å². The zero-order chi connectivity index (χ0) is 8.39. The molecule has 5 heteroatoms. The average Bonchev–Trinajstić information content (AvgIpc) is 2.77. The topological polar surface area (TPSA) is 51.8 Å². The number of hydrogen-bond acceptors (Lipinski definition) is 5. The van der Waals surface area contributed by atoms with E-state index in [2.05, 4.69) is 9.97 Å². The molecule has 1 unspecified atom stereocenters. The van der Waals surface area contributed by atoms with Gasteiger partial charge < -0.3 is 5.73 Å². The number of thiazole rings is 2. The van der Waals surface area contributed by atoms with Gasteiger partial charge in [-0.2, -0.15) is 0 Å². The lowest BCUT2D eigenvalue weighted by molar-refractivity contribution is 0.874. The second-order valence-electron chi connectivity index (χ2n) is 2.25. The van der Waals surface area contributed by atoms with Crippen molar-refractivity contribution < 1.29 is 0 Å². The standard InChI is InChI=1S/C7H7N3S2/c8-6(5-3-9-4-12-5)7-10-1-2-11-7/h1-4,6H,8H2. The van der Waals surface area contributed by atoms with Gasteiger partial charge >= 0.3 is 0 Å². The van der Waals surface area contributed by atoms with Crippen LogP contribution >= 0.6 is 22.7 Å². The van der Waals surface area contributed by atoms with Crippen molar-refractivity contribution >= 4 is 22.7 Å². The summed E-state index contributed by atoms with van der Waals surface area (Å²) in [6, 6.07) is -0.0995. The first-order valence-corrected chi connectivity index (χ1v) is 5.17. The zero-order valence-electron chi connectivity index (χ0n) is 6.18. The number of rotatable bonds is 2. The van der Waals surface area contributed by atoms with Crippen LogP contribution in [-0.4, -0.2) is 9.97 Å². The van der Waals surface area contributed by atoms with Gasteiger partial charge in [0.2, 0.25) is 0 Å². The molecule has 0 aliphatic carbocycles. The van der Waals surface area contributed by atoms with Crippen molar-refractivity contribution in [1.29, 1.82) is 0 Å². The summed E-state index contributed by atoms with van der Waals surface area (Å²) in [6.45, 7) is 0. The fraction of sp³-hybridized carbons (Fsp3) is 0.143. The first kappa shape index (κ1) is 7.85. The monoisotopic (exact) mass is 197 g/mol. The van der Waals surface area contributed by atoms with Crippen LogP contribution in [0.4, 0.5) is 0 Å². The Morgan fingerprint density at radius 3 is 2.92 bits per heavy atom. The second-order valence-corrected chi connectivity index (χ2v) is 4.10. The highest BCUT2D eigenvalue weighted by Gasteiger charge is 2.11. The third-order valence-corrected chi connectivity index (χ3v) is 3.19. The first-order chi connectivity index (χ1) is 5.88. The normalized spacial score (nSPS) is 13.1. The van der Waals surface area contributed by atoms with E-state index in [4.69, 9.17) is 5.73 Å². The fourth-order valence-corrected chi connectivity index (χ4v) is 2.24. The molecule has 0 saturated carbocycles. The largest absolute Gasteiger partial charge is 0.318 e. The zero-order valence-corrected chi connectivity index (χ0v) is 7.81. The molecule has 0 fully saturated rings. The molecule has 0 aromatic carbocycles. The Kier molecular flexibility index (Phi) is 2.16. The molecule has 2 rings (SSSR count). The Morgan fingerprint density at radius 1 is 1.42 bits per heavy atom. The lowest BCUT2D eigenvalue weighted by atomic mass is 10.3. The molecule has 2 heterocycles. The summed E-state index contributed by atoms with van der Waals surface area (Å²) in [5.41, 5.74) is 7.70. The van der Waals surface area contributed by atoms with Crippen LogP contribution in [-0.2, 0) is 0 Å². The molecule has 2 aromatic heterocycles. The van der Waals surface area contributed by atoms with Crippen molar-refractivity contribution in [3.8, 4) is 0 Å². The van der Waals surface area contributed by atoms with Gasteiger partial charge in [-0.1, -0.05) is 0 Å². The molecule has 3 nitrogen and oxygen atoms in total. The molecule has 0 amide bonds. The van der Waals surface area contributed by atoms with E-state index in [0.29, 0.717) is 0 Å². The van der Waals surface area contributed by atoms with Crippen LogP contribution in [0, 0.1) is 0 Å². The van der Waals surface area contributed by atoms with E-state index in [0.717, 1.165) is 9.88 Å². The lowest BCUT2D eigenvalue weighted by Gasteiger charge is -2.02. The van der Waals surface area contributed by atoms with E-state index in [9.17, 15) is 0 Å². The Morgan fingerprint density at radius 2 is 2.33 bits per heavy atom. The van der Waals surface area contributed by atoms with Crippen molar-refractivity contribution in [2.45, 2.75) is 6.04 Å². The summed E-state index contributed by atoms with van der Waals surface area (Å²) in [6.07, 6.45) is 3.55. The van der Waals surface area contributed by atoms with Crippen LogP contribution in [0.2, 0.25) is 0 Å². The van der Waals surface area contributed by atoms with Gasteiger partial charge in [-0.25, -0.2) is 4.98 Å². The summed E-state index contributed by atoms with van der Waals surface area (Å²) in [5, 5.41) is 2.87.